The summed E-state index contributed by atoms with van der Waals surface area (Å²) in [5.74, 6) is 0. The van der Waals surface area contributed by atoms with Crippen molar-refractivity contribution >= 4 is 0 Å². The molecule has 0 radical (unpaired) electrons. The Morgan fingerprint density at radius 1 is 0.613 bits per heavy atom. The second kappa shape index (κ2) is 22.3. The predicted octanol–water partition coefficient (Wildman–Crippen LogP) is 6.80. The molecule has 1 atom stereocenters. The molecule has 180 valence electrons. The van der Waals surface area contributed by atoms with Crippen molar-refractivity contribution in [3.63, 3.8) is 0 Å². The van der Waals surface area contributed by atoms with E-state index in [0.717, 1.165) is 12.8 Å². The molecule has 0 amide bonds. The van der Waals surface area contributed by atoms with E-state index in [2.05, 4.69) is 35.6 Å². The van der Waals surface area contributed by atoms with Crippen LogP contribution in [0.3, 0.4) is 0 Å². The number of unbranched alkanes of at least 4 members (excludes halogenated alkanes) is 15. The molecule has 1 aromatic carbocycles. The Kier molecular flexibility index (Phi) is 20.2. The number of aliphatic hydroxyl groups excluding tert-OH is 2. The van der Waals surface area contributed by atoms with E-state index in [-0.39, 0.29) is 12.7 Å². The summed E-state index contributed by atoms with van der Waals surface area (Å²) < 4.78 is 0. The van der Waals surface area contributed by atoms with Gasteiger partial charge in [-0.3, -0.25) is 0 Å². The highest BCUT2D eigenvalue weighted by atomic mass is 16.3. The molecule has 31 heavy (non-hydrogen) atoms. The molecule has 1 aromatic rings. The van der Waals surface area contributed by atoms with Crippen LogP contribution in [0.4, 0.5) is 0 Å². The zero-order chi connectivity index (χ0) is 22.2. The predicted molar refractivity (Wildman–Crippen MR) is 135 cm³/mol. The molecule has 0 spiro atoms. The van der Waals surface area contributed by atoms with E-state index in [9.17, 15) is 5.11 Å². The zero-order valence-electron chi connectivity index (χ0n) is 20.2. The van der Waals surface area contributed by atoms with Crippen molar-refractivity contribution in [1.29, 1.82) is 0 Å². The molecule has 0 fully saturated rings. The van der Waals surface area contributed by atoms with Crippen LogP contribution in [0, 0.1) is 0 Å². The quantitative estimate of drug-likeness (QED) is 0.166. The summed E-state index contributed by atoms with van der Waals surface area (Å²) in [6, 6.07) is 10.9. The summed E-state index contributed by atoms with van der Waals surface area (Å²) in [5, 5.41) is 21.5. The summed E-state index contributed by atoms with van der Waals surface area (Å²) in [4.78, 5) is 0. The summed E-state index contributed by atoms with van der Waals surface area (Å²) >= 11 is 0. The Labute approximate surface area is 193 Å². The molecular formula is C28H51NO2. The molecule has 0 aromatic heterocycles. The van der Waals surface area contributed by atoms with Crippen LogP contribution in [0.5, 0.6) is 0 Å². The lowest BCUT2D eigenvalue weighted by Crippen LogP contribution is -2.28. The first-order valence-corrected chi connectivity index (χ1v) is 13.4. The third kappa shape index (κ3) is 19.5. The lowest BCUT2D eigenvalue weighted by molar-refractivity contribution is 0.155. The van der Waals surface area contributed by atoms with E-state index in [1.807, 2.05) is 0 Å². The molecule has 0 bridgehead atoms. The number of hydrogen-bond donors (Lipinski definition) is 3. The molecule has 0 aliphatic carbocycles. The van der Waals surface area contributed by atoms with Gasteiger partial charge in [-0.15, -0.1) is 0 Å². The standard InChI is InChI=1S/C28H51NO2/c30-25-24-29-26-28(31)23-19-14-12-10-8-6-4-2-1-3-5-7-9-11-13-16-20-27-21-17-15-18-22-27/h15,17-18,21-22,28-31H,1-14,16,19-20,23-26H2. The largest absolute Gasteiger partial charge is 0.395 e. The molecule has 3 nitrogen and oxygen atoms in total. The van der Waals surface area contributed by atoms with Gasteiger partial charge >= 0.3 is 0 Å². The molecule has 0 aliphatic rings. The normalized spacial score (nSPS) is 12.3. The van der Waals surface area contributed by atoms with E-state index in [1.165, 1.54) is 108 Å². The van der Waals surface area contributed by atoms with Crippen molar-refractivity contribution < 1.29 is 10.2 Å². The third-order valence-electron chi connectivity index (χ3n) is 6.26. The molecule has 3 N–H and O–H groups in total. The van der Waals surface area contributed by atoms with Crippen molar-refractivity contribution in [2.24, 2.45) is 0 Å². The Morgan fingerprint density at radius 3 is 1.55 bits per heavy atom. The molecule has 1 unspecified atom stereocenters. The van der Waals surface area contributed by atoms with Gasteiger partial charge in [-0.25, -0.2) is 0 Å². The van der Waals surface area contributed by atoms with E-state index in [4.69, 9.17) is 5.11 Å². The summed E-state index contributed by atoms with van der Waals surface area (Å²) in [6.45, 7) is 1.32. The summed E-state index contributed by atoms with van der Waals surface area (Å²) in [7, 11) is 0. The topological polar surface area (TPSA) is 52.5 Å². The van der Waals surface area contributed by atoms with Gasteiger partial charge in [-0.05, 0) is 24.8 Å². The van der Waals surface area contributed by atoms with Crippen molar-refractivity contribution in [3.05, 3.63) is 35.9 Å². The van der Waals surface area contributed by atoms with Gasteiger partial charge in [-0.2, -0.15) is 0 Å². The minimum Gasteiger partial charge on any atom is -0.395 e. The average Bonchev–Trinajstić information content (AvgIpc) is 2.79. The highest BCUT2D eigenvalue weighted by Crippen LogP contribution is 2.15. The lowest BCUT2D eigenvalue weighted by atomic mass is 10.0. The number of aryl methyl sites for hydroxylation is 1. The van der Waals surface area contributed by atoms with Gasteiger partial charge in [0, 0.05) is 13.1 Å². The maximum Gasteiger partial charge on any atom is 0.0664 e. The molecule has 0 heterocycles. The van der Waals surface area contributed by atoms with Crippen LogP contribution in [0.15, 0.2) is 30.3 Å². The van der Waals surface area contributed by atoms with Gasteiger partial charge in [0.25, 0.3) is 0 Å². The van der Waals surface area contributed by atoms with E-state index in [1.54, 1.807) is 0 Å². The van der Waals surface area contributed by atoms with Gasteiger partial charge in [0.05, 0.1) is 12.7 Å². The lowest BCUT2D eigenvalue weighted by Gasteiger charge is -2.10. The number of nitrogens with one attached hydrogen (secondary N) is 1. The molecule has 0 aliphatic heterocycles. The first-order valence-electron chi connectivity index (χ1n) is 13.4. The van der Waals surface area contributed by atoms with Crippen LogP contribution in [0.25, 0.3) is 0 Å². The van der Waals surface area contributed by atoms with E-state index in [0.29, 0.717) is 13.1 Å². The first-order chi connectivity index (χ1) is 15.3. The van der Waals surface area contributed by atoms with E-state index >= 15 is 0 Å². The van der Waals surface area contributed by atoms with Gasteiger partial charge in [-0.1, -0.05) is 127 Å². The summed E-state index contributed by atoms with van der Waals surface area (Å²) in [6.07, 6.45) is 23.8. The second-order valence-corrected chi connectivity index (χ2v) is 9.26. The smallest absolute Gasteiger partial charge is 0.0664 e. The number of aliphatic hydroxyl groups is 2. The molecule has 3 heteroatoms. The third-order valence-corrected chi connectivity index (χ3v) is 6.26. The number of benzene rings is 1. The maximum atomic E-state index is 9.80. The Morgan fingerprint density at radius 2 is 1.06 bits per heavy atom. The van der Waals surface area contributed by atoms with E-state index < -0.39 is 0 Å². The highest BCUT2D eigenvalue weighted by molar-refractivity contribution is 5.14. The van der Waals surface area contributed by atoms with Gasteiger partial charge < -0.3 is 15.5 Å². The second-order valence-electron chi connectivity index (χ2n) is 9.26. The zero-order valence-corrected chi connectivity index (χ0v) is 20.2. The minimum atomic E-state index is -0.258. The van der Waals surface area contributed by atoms with Crippen LogP contribution in [-0.4, -0.2) is 36.0 Å². The number of hydrogen-bond acceptors (Lipinski definition) is 3. The molecule has 0 saturated carbocycles. The van der Waals surface area contributed by atoms with Crippen LogP contribution in [-0.2, 0) is 6.42 Å². The molecular weight excluding hydrogens is 382 g/mol. The van der Waals surface area contributed by atoms with Crippen LogP contribution < -0.4 is 5.32 Å². The van der Waals surface area contributed by atoms with Crippen molar-refractivity contribution in [3.8, 4) is 0 Å². The van der Waals surface area contributed by atoms with Gasteiger partial charge in [0.1, 0.15) is 0 Å². The fraction of sp³-hybridized carbons (Fsp3) is 0.786. The fourth-order valence-electron chi connectivity index (χ4n) is 4.28. The Bertz CT molecular complexity index is 465. The summed E-state index contributed by atoms with van der Waals surface area (Å²) in [5.41, 5.74) is 1.49. The maximum absolute atomic E-state index is 9.80. The van der Waals surface area contributed by atoms with Crippen molar-refractivity contribution in [1.82, 2.24) is 5.32 Å². The highest BCUT2D eigenvalue weighted by Gasteiger charge is 2.02. The Hall–Kier alpha value is -0.900. The first kappa shape index (κ1) is 28.1. The van der Waals surface area contributed by atoms with Crippen molar-refractivity contribution in [2.45, 2.75) is 122 Å². The molecule has 1 rings (SSSR count). The van der Waals surface area contributed by atoms with Crippen LogP contribution >= 0.6 is 0 Å². The van der Waals surface area contributed by atoms with Gasteiger partial charge in [0.2, 0.25) is 0 Å². The average molecular weight is 434 g/mol. The number of rotatable bonds is 23. The fourth-order valence-corrected chi connectivity index (χ4v) is 4.28. The Balaban J connectivity index is 1.69. The van der Waals surface area contributed by atoms with Crippen LogP contribution in [0.1, 0.15) is 115 Å². The SMILES string of the molecule is OCCNCC(O)CCCCCCCCCCCCCCCCCCc1ccccc1. The monoisotopic (exact) mass is 433 g/mol. The van der Waals surface area contributed by atoms with Gasteiger partial charge in [0.15, 0.2) is 0 Å². The van der Waals surface area contributed by atoms with Crippen LogP contribution in [0.2, 0.25) is 0 Å². The molecule has 0 saturated heterocycles. The minimum absolute atomic E-state index is 0.142. The van der Waals surface area contributed by atoms with Crippen molar-refractivity contribution in [2.75, 3.05) is 19.7 Å².